The number of benzene rings is 2. The van der Waals surface area contributed by atoms with Gasteiger partial charge in [-0.15, -0.1) is 0 Å². The first-order chi connectivity index (χ1) is 16.4. The number of carboxylic acids is 1. The predicted molar refractivity (Wildman–Crippen MR) is 126 cm³/mol. The van der Waals surface area contributed by atoms with E-state index >= 15 is 0 Å². The van der Waals surface area contributed by atoms with Crippen LogP contribution in [0.1, 0.15) is 54.0 Å². The van der Waals surface area contributed by atoms with Crippen LogP contribution in [0.4, 0.5) is 0 Å². The minimum atomic E-state index is -0.867. The summed E-state index contributed by atoms with van der Waals surface area (Å²) in [6, 6.07) is 17.4. The van der Waals surface area contributed by atoms with E-state index in [-0.39, 0.29) is 11.9 Å². The van der Waals surface area contributed by atoms with Crippen molar-refractivity contribution in [1.29, 1.82) is 0 Å². The van der Waals surface area contributed by atoms with Gasteiger partial charge in [0, 0.05) is 19.0 Å². The van der Waals surface area contributed by atoms with Gasteiger partial charge in [-0.2, -0.15) is 0 Å². The predicted octanol–water partition coefficient (Wildman–Crippen LogP) is 4.73. The third-order valence-corrected chi connectivity index (χ3v) is 6.35. The van der Waals surface area contributed by atoms with E-state index < -0.39 is 11.9 Å². The molecule has 7 heteroatoms. The van der Waals surface area contributed by atoms with Crippen LogP contribution in [0.2, 0.25) is 0 Å². The van der Waals surface area contributed by atoms with E-state index in [4.69, 9.17) is 14.4 Å². The Morgan fingerprint density at radius 2 is 1.97 bits per heavy atom. The molecule has 2 atom stereocenters. The summed E-state index contributed by atoms with van der Waals surface area (Å²) in [5.74, 6) is 0.0198. The third kappa shape index (κ3) is 5.65. The zero-order chi connectivity index (χ0) is 24.1. The molecule has 1 N–H and O–H groups in total. The lowest BCUT2D eigenvalue weighted by Gasteiger charge is -2.22. The number of nitrogens with zero attached hydrogens (tertiary/aromatic N) is 2. The number of carbonyl (C=O) groups excluding carboxylic acids is 1. The summed E-state index contributed by atoms with van der Waals surface area (Å²) in [5, 5.41) is 13.1. The van der Waals surface area contributed by atoms with Gasteiger partial charge in [0.25, 0.3) is 0 Å². The molecule has 1 aromatic heterocycles. The smallest absolute Gasteiger partial charge is 0.306 e. The molecule has 0 bridgehead atoms. The number of ether oxygens (including phenoxy) is 1. The maximum absolute atomic E-state index is 13.1. The van der Waals surface area contributed by atoms with Gasteiger partial charge in [-0.05, 0) is 48.6 Å². The van der Waals surface area contributed by atoms with Gasteiger partial charge in [-0.25, -0.2) is 0 Å². The Balaban J connectivity index is 1.34. The van der Waals surface area contributed by atoms with Gasteiger partial charge in [0.2, 0.25) is 5.91 Å². The molecule has 1 saturated heterocycles. The number of aryl methyl sites for hydroxylation is 1. The van der Waals surface area contributed by atoms with E-state index in [1.807, 2.05) is 41.3 Å². The molecule has 34 heavy (non-hydrogen) atoms. The molecule has 4 rings (SSSR count). The molecule has 0 radical (unpaired) electrons. The summed E-state index contributed by atoms with van der Waals surface area (Å²) >= 11 is 0. The fourth-order valence-corrected chi connectivity index (χ4v) is 4.26. The second kappa shape index (κ2) is 10.5. The van der Waals surface area contributed by atoms with Crippen LogP contribution in [0.25, 0.3) is 0 Å². The minimum Gasteiger partial charge on any atom is -0.489 e. The van der Waals surface area contributed by atoms with Crippen molar-refractivity contribution >= 4 is 11.9 Å². The van der Waals surface area contributed by atoms with Crippen molar-refractivity contribution in [2.45, 2.75) is 52.2 Å². The molecule has 1 aliphatic rings. The number of carboxylic acid groups (broad SMARTS) is 1. The van der Waals surface area contributed by atoms with Crippen LogP contribution in [0, 0.1) is 12.8 Å². The van der Waals surface area contributed by atoms with Crippen molar-refractivity contribution in [2.75, 3.05) is 6.54 Å². The second-order valence-electron chi connectivity index (χ2n) is 8.95. The molecule has 7 nitrogen and oxygen atoms in total. The average Bonchev–Trinajstić information content (AvgIpc) is 3.49. The number of amides is 1. The Hall–Kier alpha value is -3.61. The van der Waals surface area contributed by atoms with Crippen molar-refractivity contribution in [3.05, 3.63) is 82.7 Å². The molecule has 1 aliphatic heterocycles. The van der Waals surface area contributed by atoms with Crippen molar-refractivity contribution in [3.63, 3.8) is 0 Å². The highest BCUT2D eigenvalue weighted by Crippen LogP contribution is 2.33. The van der Waals surface area contributed by atoms with E-state index in [0.717, 1.165) is 29.7 Å². The molecular formula is C27H30N2O5. The van der Waals surface area contributed by atoms with Gasteiger partial charge in [-0.1, -0.05) is 48.5 Å². The molecule has 178 valence electrons. The average molecular weight is 463 g/mol. The van der Waals surface area contributed by atoms with Crippen molar-refractivity contribution in [2.24, 2.45) is 5.92 Å². The summed E-state index contributed by atoms with van der Waals surface area (Å²) in [6.45, 7) is 4.88. The van der Waals surface area contributed by atoms with Crippen LogP contribution in [-0.4, -0.2) is 33.6 Å². The highest BCUT2D eigenvalue weighted by molar-refractivity contribution is 5.79. The van der Waals surface area contributed by atoms with Crippen molar-refractivity contribution in [1.82, 2.24) is 10.1 Å². The van der Waals surface area contributed by atoms with Crippen molar-refractivity contribution in [3.8, 4) is 5.75 Å². The normalized spacial score (nSPS) is 16.4. The first kappa shape index (κ1) is 23.5. The standard InChI is InChI=1S/C27H30N2O5/c1-18-6-3-4-7-21(18)17-33-23-11-9-20(10-12-23)15-26(30)29-13-5-8-24(29)25-16-22(28-34-25)14-19(2)27(31)32/h3-4,6-7,9-12,16,19,24H,5,8,13-15,17H2,1-2H3,(H,31,32). The van der Waals surface area contributed by atoms with Gasteiger partial charge in [0.1, 0.15) is 12.4 Å². The molecule has 0 spiro atoms. The van der Waals surface area contributed by atoms with Crippen LogP contribution < -0.4 is 4.74 Å². The first-order valence-corrected chi connectivity index (χ1v) is 11.6. The Bertz CT molecular complexity index is 1140. The maximum Gasteiger partial charge on any atom is 0.306 e. The molecule has 0 aliphatic carbocycles. The van der Waals surface area contributed by atoms with Gasteiger partial charge in [-0.3, -0.25) is 9.59 Å². The van der Waals surface area contributed by atoms with Gasteiger partial charge in [0.05, 0.1) is 24.1 Å². The summed E-state index contributed by atoms with van der Waals surface area (Å²) in [7, 11) is 0. The topological polar surface area (TPSA) is 92.9 Å². The summed E-state index contributed by atoms with van der Waals surface area (Å²) in [5.41, 5.74) is 3.87. The highest BCUT2D eigenvalue weighted by Gasteiger charge is 2.33. The monoisotopic (exact) mass is 462 g/mol. The zero-order valence-corrected chi connectivity index (χ0v) is 19.6. The van der Waals surface area contributed by atoms with E-state index in [9.17, 15) is 9.59 Å². The molecule has 1 amide bonds. The van der Waals surface area contributed by atoms with Crippen LogP contribution in [0.3, 0.4) is 0 Å². The Labute approximate surface area is 199 Å². The Kier molecular flexibility index (Phi) is 7.30. The molecule has 2 aromatic carbocycles. The van der Waals surface area contributed by atoms with E-state index in [1.54, 1.807) is 13.0 Å². The van der Waals surface area contributed by atoms with Crippen LogP contribution in [-0.2, 0) is 29.0 Å². The second-order valence-corrected chi connectivity index (χ2v) is 8.95. The number of likely N-dealkylation sites (tertiary alicyclic amines) is 1. The van der Waals surface area contributed by atoms with Gasteiger partial charge in [0.15, 0.2) is 5.76 Å². The SMILES string of the molecule is Cc1ccccc1COc1ccc(CC(=O)N2CCCC2c2cc(CC(C)C(=O)O)no2)cc1. The lowest BCUT2D eigenvalue weighted by atomic mass is 10.0. The zero-order valence-electron chi connectivity index (χ0n) is 19.6. The van der Waals surface area contributed by atoms with Crippen LogP contribution >= 0.6 is 0 Å². The Morgan fingerprint density at radius 1 is 1.21 bits per heavy atom. The first-order valence-electron chi connectivity index (χ1n) is 11.6. The van der Waals surface area contributed by atoms with Crippen LogP contribution in [0.15, 0.2) is 59.1 Å². The fourth-order valence-electron chi connectivity index (χ4n) is 4.26. The lowest BCUT2D eigenvalue weighted by molar-refractivity contribution is -0.141. The number of hydrogen-bond acceptors (Lipinski definition) is 5. The largest absolute Gasteiger partial charge is 0.489 e. The molecule has 0 saturated carbocycles. The summed E-state index contributed by atoms with van der Waals surface area (Å²) in [4.78, 5) is 26.0. The number of carbonyl (C=O) groups is 2. The quantitative estimate of drug-likeness (QED) is 0.494. The van der Waals surface area contributed by atoms with Gasteiger partial charge >= 0.3 is 5.97 Å². The van der Waals surface area contributed by atoms with E-state index in [0.29, 0.717) is 37.4 Å². The number of rotatable bonds is 9. The third-order valence-electron chi connectivity index (χ3n) is 6.35. The minimum absolute atomic E-state index is 0.0351. The Morgan fingerprint density at radius 3 is 2.71 bits per heavy atom. The molecular weight excluding hydrogens is 432 g/mol. The van der Waals surface area contributed by atoms with E-state index in [2.05, 4.69) is 24.2 Å². The highest BCUT2D eigenvalue weighted by atomic mass is 16.5. The van der Waals surface area contributed by atoms with E-state index in [1.165, 1.54) is 5.56 Å². The van der Waals surface area contributed by atoms with Crippen LogP contribution in [0.5, 0.6) is 5.75 Å². The summed E-state index contributed by atoms with van der Waals surface area (Å²) in [6.07, 6.45) is 2.30. The summed E-state index contributed by atoms with van der Waals surface area (Å²) < 4.78 is 11.4. The lowest BCUT2D eigenvalue weighted by Crippen LogP contribution is -2.31. The molecule has 2 unspecified atom stereocenters. The molecule has 3 aromatic rings. The van der Waals surface area contributed by atoms with Gasteiger partial charge < -0.3 is 19.3 Å². The maximum atomic E-state index is 13.1. The van der Waals surface area contributed by atoms with Crippen molar-refractivity contribution < 1.29 is 24.0 Å². The fraction of sp³-hybridized carbons (Fsp3) is 0.370. The number of hydrogen-bond donors (Lipinski definition) is 1. The molecule has 1 fully saturated rings. The molecule has 2 heterocycles. The number of aromatic nitrogens is 1. The number of aliphatic carboxylic acids is 1.